The first-order valence-corrected chi connectivity index (χ1v) is 10.2. The van der Waals surface area contributed by atoms with Gasteiger partial charge in [-0.2, -0.15) is 9.61 Å². The summed E-state index contributed by atoms with van der Waals surface area (Å²) in [5, 5.41) is 8.67. The number of benzene rings is 1. The van der Waals surface area contributed by atoms with Gasteiger partial charge in [0.1, 0.15) is 11.6 Å². The molecule has 0 spiro atoms. The predicted octanol–water partition coefficient (Wildman–Crippen LogP) is 4.97. The van der Waals surface area contributed by atoms with Gasteiger partial charge in [-0.15, -0.1) is 0 Å². The minimum absolute atomic E-state index is 0.367. The minimum Gasteiger partial charge on any atom is -0.497 e. The molecule has 1 aromatic carbocycles. The van der Waals surface area contributed by atoms with E-state index in [1.165, 1.54) is 22.4 Å². The highest BCUT2D eigenvalue weighted by Gasteiger charge is 2.25. The van der Waals surface area contributed by atoms with Gasteiger partial charge in [-0.3, -0.25) is 0 Å². The molecule has 0 saturated carbocycles. The van der Waals surface area contributed by atoms with Crippen molar-refractivity contribution < 1.29 is 4.74 Å². The molecule has 0 fully saturated rings. The normalized spacial score (nSPS) is 14.5. The number of aryl methyl sites for hydroxylation is 3. The molecule has 5 heteroatoms. The van der Waals surface area contributed by atoms with Crippen molar-refractivity contribution in [3.05, 3.63) is 40.7 Å². The first kappa shape index (κ1) is 18.8. The third kappa shape index (κ3) is 3.03. The quantitative estimate of drug-likeness (QED) is 0.681. The van der Waals surface area contributed by atoms with Crippen LogP contribution in [0.15, 0.2) is 18.2 Å². The summed E-state index contributed by atoms with van der Waals surface area (Å²) in [6.07, 6.45) is 3.28. The van der Waals surface area contributed by atoms with Crippen molar-refractivity contribution >= 4 is 11.5 Å². The molecule has 2 aromatic heterocycles. The monoisotopic (exact) mass is 378 g/mol. The Bertz CT molecular complexity index is 1030. The van der Waals surface area contributed by atoms with Gasteiger partial charge in [0.2, 0.25) is 0 Å². The lowest BCUT2D eigenvalue weighted by Gasteiger charge is -2.21. The largest absolute Gasteiger partial charge is 0.497 e. The minimum atomic E-state index is 0.367. The highest BCUT2D eigenvalue weighted by molar-refractivity contribution is 5.83. The van der Waals surface area contributed by atoms with E-state index >= 15 is 0 Å². The standard InChI is InChI=1S/C23H30N4O/c1-13(2)15(4)24-22-19-8-7-9-20(19)25-23-21(16(5)26-27(22)23)18-11-10-17(28-6)12-14(18)3/h10-13,15,24H,7-9H2,1-6H3. The van der Waals surface area contributed by atoms with E-state index in [1.807, 2.05) is 10.6 Å². The van der Waals surface area contributed by atoms with Crippen molar-refractivity contribution in [3.8, 4) is 16.9 Å². The van der Waals surface area contributed by atoms with E-state index in [1.54, 1.807) is 7.11 Å². The van der Waals surface area contributed by atoms with E-state index in [2.05, 4.69) is 52.1 Å². The molecule has 28 heavy (non-hydrogen) atoms. The van der Waals surface area contributed by atoms with Crippen molar-refractivity contribution in [1.29, 1.82) is 0 Å². The van der Waals surface area contributed by atoms with Crippen LogP contribution in [0.3, 0.4) is 0 Å². The molecule has 148 valence electrons. The Morgan fingerprint density at radius 1 is 1.14 bits per heavy atom. The van der Waals surface area contributed by atoms with E-state index in [4.69, 9.17) is 14.8 Å². The molecule has 1 unspecified atom stereocenters. The van der Waals surface area contributed by atoms with Gasteiger partial charge in [0.05, 0.1) is 12.8 Å². The van der Waals surface area contributed by atoms with Gasteiger partial charge in [0.15, 0.2) is 5.65 Å². The Kier molecular flexibility index (Phi) is 4.77. The van der Waals surface area contributed by atoms with Gasteiger partial charge in [0.25, 0.3) is 0 Å². The lowest BCUT2D eigenvalue weighted by Crippen LogP contribution is -2.24. The first-order chi connectivity index (χ1) is 13.4. The number of anilines is 1. The van der Waals surface area contributed by atoms with Gasteiger partial charge in [0, 0.05) is 22.9 Å². The third-order valence-corrected chi connectivity index (χ3v) is 6.03. The van der Waals surface area contributed by atoms with Crippen LogP contribution in [0.2, 0.25) is 0 Å². The molecule has 0 radical (unpaired) electrons. The Hall–Kier alpha value is -2.56. The third-order valence-electron chi connectivity index (χ3n) is 6.03. The number of methoxy groups -OCH3 is 1. The smallest absolute Gasteiger partial charge is 0.165 e. The molecular formula is C23H30N4O. The Morgan fingerprint density at radius 2 is 1.93 bits per heavy atom. The number of aromatic nitrogens is 3. The fraction of sp³-hybridized carbons (Fsp3) is 0.478. The Morgan fingerprint density at radius 3 is 2.61 bits per heavy atom. The van der Waals surface area contributed by atoms with Crippen LogP contribution in [0.1, 0.15) is 49.7 Å². The summed E-state index contributed by atoms with van der Waals surface area (Å²) in [6.45, 7) is 10.9. The molecule has 1 atom stereocenters. The number of rotatable bonds is 5. The highest BCUT2D eigenvalue weighted by atomic mass is 16.5. The maximum absolute atomic E-state index is 5.38. The molecule has 3 aromatic rings. The lowest BCUT2D eigenvalue weighted by atomic mass is 10.0. The van der Waals surface area contributed by atoms with Crippen molar-refractivity contribution in [2.75, 3.05) is 12.4 Å². The van der Waals surface area contributed by atoms with Crippen molar-refractivity contribution in [3.63, 3.8) is 0 Å². The van der Waals surface area contributed by atoms with Gasteiger partial charge in [-0.05, 0) is 69.2 Å². The molecule has 2 heterocycles. The van der Waals surface area contributed by atoms with Crippen molar-refractivity contribution in [2.24, 2.45) is 5.92 Å². The molecule has 4 rings (SSSR count). The summed E-state index contributed by atoms with van der Waals surface area (Å²) >= 11 is 0. The van der Waals surface area contributed by atoms with Crippen molar-refractivity contribution in [2.45, 2.75) is 59.9 Å². The summed E-state index contributed by atoms with van der Waals surface area (Å²) in [5.41, 5.74) is 7.97. The molecular weight excluding hydrogens is 348 g/mol. The zero-order valence-corrected chi connectivity index (χ0v) is 17.8. The molecule has 1 N–H and O–H groups in total. The molecule has 0 bridgehead atoms. The lowest BCUT2D eigenvalue weighted by molar-refractivity contribution is 0.414. The second kappa shape index (κ2) is 7.12. The van der Waals surface area contributed by atoms with E-state index in [9.17, 15) is 0 Å². The van der Waals surface area contributed by atoms with Gasteiger partial charge in [-0.1, -0.05) is 19.9 Å². The predicted molar refractivity (Wildman–Crippen MR) is 114 cm³/mol. The van der Waals surface area contributed by atoms with E-state index in [0.717, 1.165) is 47.7 Å². The van der Waals surface area contributed by atoms with Gasteiger partial charge >= 0.3 is 0 Å². The topological polar surface area (TPSA) is 51.5 Å². The van der Waals surface area contributed by atoms with Crippen LogP contribution in [-0.2, 0) is 12.8 Å². The zero-order valence-electron chi connectivity index (χ0n) is 17.8. The average Bonchev–Trinajstić information content (AvgIpc) is 3.25. The van der Waals surface area contributed by atoms with Gasteiger partial charge in [-0.25, -0.2) is 4.98 Å². The fourth-order valence-electron chi connectivity index (χ4n) is 4.03. The summed E-state index contributed by atoms with van der Waals surface area (Å²) in [6, 6.07) is 6.58. The van der Waals surface area contributed by atoms with Crippen LogP contribution in [0.5, 0.6) is 5.75 Å². The van der Waals surface area contributed by atoms with Crippen LogP contribution >= 0.6 is 0 Å². The summed E-state index contributed by atoms with van der Waals surface area (Å²) in [7, 11) is 1.70. The van der Waals surface area contributed by atoms with Crippen LogP contribution < -0.4 is 10.1 Å². The fourth-order valence-corrected chi connectivity index (χ4v) is 4.03. The maximum atomic E-state index is 5.38. The first-order valence-electron chi connectivity index (χ1n) is 10.2. The summed E-state index contributed by atoms with van der Waals surface area (Å²) in [5.74, 6) is 2.54. The van der Waals surface area contributed by atoms with Crippen LogP contribution in [0.25, 0.3) is 16.8 Å². The number of hydrogen-bond acceptors (Lipinski definition) is 4. The molecule has 1 aliphatic rings. The number of fused-ring (bicyclic) bond motifs is 2. The van der Waals surface area contributed by atoms with E-state index in [-0.39, 0.29) is 0 Å². The van der Waals surface area contributed by atoms with Crippen LogP contribution in [-0.4, -0.2) is 27.7 Å². The number of nitrogens with zero attached hydrogens (tertiary/aromatic N) is 3. The van der Waals surface area contributed by atoms with Crippen molar-refractivity contribution in [1.82, 2.24) is 14.6 Å². The molecule has 1 aliphatic carbocycles. The Labute approximate surface area is 167 Å². The number of ether oxygens (including phenoxy) is 1. The average molecular weight is 379 g/mol. The summed E-state index contributed by atoms with van der Waals surface area (Å²) in [4.78, 5) is 5.08. The van der Waals surface area contributed by atoms with E-state index < -0.39 is 0 Å². The molecule has 5 nitrogen and oxygen atoms in total. The van der Waals surface area contributed by atoms with Crippen LogP contribution in [0.4, 0.5) is 5.82 Å². The molecule has 0 amide bonds. The van der Waals surface area contributed by atoms with E-state index in [0.29, 0.717) is 12.0 Å². The van der Waals surface area contributed by atoms with Crippen LogP contribution in [0, 0.1) is 19.8 Å². The SMILES string of the molecule is COc1ccc(-c2c(C)nn3c(NC(C)C(C)C)c4c(nc23)CCC4)c(C)c1. The second-order valence-electron chi connectivity index (χ2n) is 8.29. The number of hydrogen-bond donors (Lipinski definition) is 1. The van der Waals surface area contributed by atoms with Gasteiger partial charge < -0.3 is 10.1 Å². The zero-order chi connectivity index (χ0) is 20.0. The highest BCUT2D eigenvalue weighted by Crippen LogP contribution is 2.36. The maximum Gasteiger partial charge on any atom is 0.165 e. The summed E-state index contributed by atoms with van der Waals surface area (Å²) < 4.78 is 7.42. The second-order valence-corrected chi connectivity index (χ2v) is 8.29. The Balaban J connectivity index is 1.94. The number of nitrogens with one attached hydrogen (secondary N) is 1. The molecule has 0 aliphatic heterocycles. The molecule has 0 saturated heterocycles.